The van der Waals surface area contributed by atoms with Crippen LogP contribution < -0.4 is 0 Å². The summed E-state index contributed by atoms with van der Waals surface area (Å²) in [5.41, 5.74) is 0. The Hall–Kier alpha value is -3.82. The second-order valence-corrected chi connectivity index (χ2v) is 18.6. The van der Waals surface area contributed by atoms with Gasteiger partial charge in [0.1, 0.15) is 31.5 Å². The Labute approximate surface area is 418 Å². The van der Waals surface area contributed by atoms with Gasteiger partial charge in [-0.25, -0.2) is 9.13 Å². The van der Waals surface area contributed by atoms with Gasteiger partial charge in [-0.2, -0.15) is 0 Å². The van der Waals surface area contributed by atoms with Crippen LogP contribution in [0.2, 0.25) is 0 Å². The minimum absolute atomic E-state index is 0.0633. The molecular weight excluding hydrogens is 939 g/mol. The lowest BCUT2D eigenvalue weighted by Crippen LogP contribution is -2.25. The molecule has 0 fully saturated rings. The van der Waals surface area contributed by atoms with Crippen molar-refractivity contribution in [1.82, 2.24) is 0 Å². The first-order valence-corrected chi connectivity index (χ1v) is 27.5. The summed E-state index contributed by atoms with van der Waals surface area (Å²) >= 11 is 0. The van der Waals surface area contributed by atoms with E-state index in [0.29, 0.717) is 19.3 Å². The highest BCUT2D eigenvalue weighted by molar-refractivity contribution is 7.47. The Balaban J connectivity index is 4.02. The normalized spacial score (nSPS) is 16.0. The number of esters is 2. The van der Waals surface area contributed by atoms with Gasteiger partial charge in [0.05, 0.1) is 26.4 Å². The lowest BCUT2D eigenvalue weighted by atomic mass is 10.1. The van der Waals surface area contributed by atoms with Gasteiger partial charge < -0.3 is 34.6 Å². The molecule has 15 nitrogen and oxygen atoms in total. The summed E-state index contributed by atoms with van der Waals surface area (Å²) in [6.07, 6.45) is 55.9. The zero-order valence-electron chi connectivity index (χ0n) is 41.6. The lowest BCUT2D eigenvalue weighted by Gasteiger charge is -2.19. The Bertz CT molecular complexity index is 1760. The summed E-state index contributed by atoms with van der Waals surface area (Å²) in [5.74, 6) is -1.12. The molecule has 0 aliphatic carbocycles. The van der Waals surface area contributed by atoms with E-state index in [0.717, 1.165) is 83.5 Å². The highest BCUT2D eigenvalue weighted by Crippen LogP contribution is 2.45. The molecule has 0 spiro atoms. The third-order valence-electron chi connectivity index (χ3n) is 9.11. The molecular formula is C53H84O15P2. The number of aliphatic hydroxyl groups excluding tert-OH is 3. The third-order valence-corrected chi connectivity index (χ3v) is 11.0. The van der Waals surface area contributed by atoms with Crippen LogP contribution in [-0.4, -0.2) is 95.0 Å². The van der Waals surface area contributed by atoms with Gasteiger partial charge in [-0.05, 0) is 96.3 Å². The van der Waals surface area contributed by atoms with E-state index < -0.39 is 85.5 Å². The van der Waals surface area contributed by atoms with Crippen molar-refractivity contribution in [1.29, 1.82) is 0 Å². The number of unbranched alkanes of at least 4 members (excludes halogenated alkanes) is 3. The van der Waals surface area contributed by atoms with Gasteiger partial charge in [-0.15, -0.1) is 0 Å². The maximum absolute atomic E-state index is 12.2. The van der Waals surface area contributed by atoms with Gasteiger partial charge in [-0.1, -0.05) is 154 Å². The predicted octanol–water partition coefficient (Wildman–Crippen LogP) is 11.6. The van der Waals surface area contributed by atoms with Crippen LogP contribution in [0.4, 0.5) is 0 Å². The smallest absolute Gasteiger partial charge is 0.463 e. The number of ether oxygens (including phenoxy) is 2. The van der Waals surface area contributed by atoms with Gasteiger partial charge in [-0.3, -0.25) is 27.7 Å². The lowest BCUT2D eigenvalue weighted by molar-refractivity contribution is -0.148. The maximum atomic E-state index is 12.2. The fourth-order valence-corrected chi connectivity index (χ4v) is 6.97. The molecule has 396 valence electrons. The average Bonchev–Trinajstić information content (AvgIpc) is 3.34. The van der Waals surface area contributed by atoms with Crippen molar-refractivity contribution in [2.45, 2.75) is 148 Å². The van der Waals surface area contributed by atoms with Crippen LogP contribution in [0.25, 0.3) is 0 Å². The van der Waals surface area contributed by atoms with Crippen molar-refractivity contribution >= 4 is 27.6 Å². The molecule has 0 aromatic heterocycles. The fraction of sp³-hybridized carbons (Fsp3) is 0.547. The molecule has 0 radical (unpaired) electrons. The van der Waals surface area contributed by atoms with Crippen molar-refractivity contribution in [2.24, 2.45) is 0 Å². The summed E-state index contributed by atoms with van der Waals surface area (Å²) in [7, 11) is -9.63. The molecule has 0 bridgehead atoms. The van der Waals surface area contributed by atoms with Crippen molar-refractivity contribution in [3.63, 3.8) is 0 Å². The second-order valence-electron chi connectivity index (χ2n) is 15.7. The minimum atomic E-state index is -4.82. The first-order chi connectivity index (χ1) is 33.8. The van der Waals surface area contributed by atoms with Crippen LogP contribution >= 0.6 is 15.6 Å². The monoisotopic (exact) mass is 1020 g/mol. The number of phosphoric acid groups is 2. The molecule has 0 heterocycles. The standard InChI is InChI=1S/C53H84O15P2/c1-3-5-7-9-11-13-15-17-19-21-23-25-27-29-31-33-35-37-39-41-52(57)63-43-49(54)45-65-69(59,60)67-47-51(56)48-68-70(61,62)66-46-50(55)44-64-53(58)42-40-38-36-34-32-30-28-26-24-22-20-18-16-14-12-10-8-6-4-2/h5-8,11-14,17-20,23-26,29-32,35,37,49-51,54-56H,3-4,9-10,15-16,21-22,27-28,33-34,36,38-48H2,1-2H3,(H,59,60)(H,61,62)/b7-5-,8-6-,13-11-,14-12-,19-17-,20-18-,25-23-,26-24-,31-29-,32-30-,37-35-. The molecule has 5 N–H and O–H groups in total. The molecule has 0 aromatic carbocycles. The Kier molecular flexibility index (Phi) is 44.9. The van der Waals surface area contributed by atoms with E-state index in [-0.39, 0.29) is 12.8 Å². The van der Waals surface area contributed by atoms with Crippen LogP contribution in [0.1, 0.15) is 129 Å². The molecule has 5 unspecified atom stereocenters. The first-order valence-electron chi connectivity index (χ1n) is 24.5. The van der Waals surface area contributed by atoms with Gasteiger partial charge in [0.2, 0.25) is 0 Å². The molecule has 5 atom stereocenters. The molecule has 0 saturated heterocycles. The van der Waals surface area contributed by atoms with Gasteiger partial charge in [0.25, 0.3) is 0 Å². The molecule has 0 amide bonds. The molecule has 0 rings (SSSR count). The molecule has 0 saturated carbocycles. The van der Waals surface area contributed by atoms with E-state index in [1.54, 1.807) is 0 Å². The number of carbonyl (C=O) groups excluding carboxylic acids is 2. The number of aliphatic hydroxyl groups is 3. The van der Waals surface area contributed by atoms with E-state index in [9.17, 15) is 43.8 Å². The molecule has 0 aliphatic heterocycles. The highest BCUT2D eigenvalue weighted by atomic mass is 31.2. The molecule has 0 aromatic rings. The number of hydrogen-bond donors (Lipinski definition) is 5. The minimum Gasteiger partial charge on any atom is -0.463 e. The first kappa shape index (κ1) is 66.2. The van der Waals surface area contributed by atoms with E-state index in [2.05, 4.69) is 147 Å². The Morgan fingerprint density at radius 1 is 0.371 bits per heavy atom. The number of carbonyl (C=O) groups is 2. The molecule has 70 heavy (non-hydrogen) atoms. The molecule has 17 heteroatoms. The summed E-state index contributed by atoms with van der Waals surface area (Å²) < 4.78 is 52.9. The quantitative estimate of drug-likeness (QED) is 0.0166. The zero-order chi connectivity index (χ0) is 51.7. The number of rotatable bonds is 45. The summed E-state index contributed by atoms with van der Waals surface area (Å²) in [6.45, 7) is 0.0209. The van der Waals surface area contributed by atoms with Crippen LogP contribution in [0.5, 0.6) is 0 Å². The highest BCUT2D eigenvalue weighted by Gasteiger charge is 2.28. The van der Waals surface area contributed by atoms with Crippen LogP contribution in [0.3, 0.4) is 0 Å². The predicted molar refractivity (Wildman–Crippen MR) is 278 cm³/mol. The third kappa shape index (κ3) is 49.2. The van der Waals surface area contributed by atoms with Crippen molar-refractivity contribution < 1.29 is 71.4 Å². The SMILES string of the molecule is CC/C=C\C/C=C\C/C=C\C/C=C\C/C=C\C/C=C\CCC(=O)OCC(O)COP(=O)(O)OCC(O)COP(=O)(O)OCC(O)COC(=O)CCCCC/C=C\C/C=C\C/C=C\C/C=C\C/C=C\CC. The van der Waals surface area contributed by atoms with Gasteiger partial charge >= 0.3 is 27.6 Å². The van der Waals surface area contributed by atoms with Crippen molar-refractivity contribution in [2.75, 3.05) is 39.6 Å². The average molecular weight is 1020 g/mol. The fourth-order valence-electron chi connectivity index (χ4n) is 5.38. The van der Waals surface area contributed by atoms with E-state index in [1.165, 1.54) is 0 Å². The van der Waals surface area contributed by atoms with Gasteiger partial charge in [0, 0.05) is 12.8 Å². The topological polar surface area (TPSA) is 225 Å². The van der Waals surface area contributed by atoms with E-state index in [1.807, 2.05) is 18.2 Å². The molecule has 0 aliphatic rings. The van der Waals surface area contributed by atoms with Crippen LogP contribution in [0, 0.1) is 0 Å². The number of allylic oxidation sites excluding steroid dienone is 22. The number of phosphoric ester groups is 2. The Morgan fingerprint density at radius 3 is 0.971 bits per heavy atom. The summed E-state index contributed by atoms with van der Waals surface area (Å²) in [4.78, 5) is 43.8. The van der Waals surface area contributed by atoms with Crippen molar-refractivity contribution in [3.05, 3.63) is 134 Å². The zero-order valence-corrected chi connectivity index (χ0v) is 43.4. The van der Waals surface area contributed by atoms with Crippen molar-refractivity contribution in [3.8, 4) is 0 Å². The van der Waals surface area contributed by atoms with Crippen LogP contribution in [-0.2, 0) is 46.3 Å². The van der Waals surface area contributed by atoms with Gasteiger partial charge in [0.15, 0.2) is 0 Å². The van der Waals surface area contributed by atoms with Crippen LogP contribution in [0.15, 0.2) is 134 Å². The van der Waals surface area contributed by atoms with E-state index >= 15 is 0 Å². The Morgan fingerprint density at radius 2 is 0.643 bits per heavy atom. The van der Waals surface area contributed by atoms with E-state index in [4.69, 9.17) is 9.47 Å². The maximum Gasteiger partial charge on any atom is 0.472 e. The largest absolute Gasteiger partial charge is 0.472 e. The number of hydrogen-bond acceptors (Lipinski definition) is 13. The summed E-state index contributed by atoms with van der Waals surface area (Å²) in [5, 5.41) is 30.0. The summed E-state index contributed by atoms with van der Waals surface area (Å²) in [6, 6.07) is 0. The second kappa shape index (κ2) is 47.5.